The Kier molecular flexibility index (Phi) is 4.13. The third-order valence-corrected chi connectivity index (χ3v) is 3.34. The molecule has 2 aromatic rings. The normalized spacial score (nSPS) is 10.6. The molecule has 0 fully saturated rings. The molecular formula is C11H11FN4O2S. The van der Waals surface area contributed by atoms with Crippen molar-refractivity contribution in [1.82, 2.24) is 15.5 Å². The lowest BCUT2D eigenvalue weighted by Crippen LogP contribution is -2.11. The molecule has 0 unspecified atom stereocenters. The highest BCUT2D eigenvalue weighted by molar-refractivity contribution is 7.14. The molecule has 0 bridgehead atoms. The highest BCUT2D eigenvalue weighted by Gasteiger charge is 2.15. The second-order valence-electron chi connectivity index (χ2n) is 3.70. The molecule has 1 aromatic carbocycles. The van der Waals surface area contributed by atoms with Crippen molar-refractivity contribution in [3.63, 3.8) is 0 Å². The van der Waals surface area contributed by atoms with Crippen molar-refractivity contribution in [1.29, 1.82) is 0 Å². The van der Waals surface area contributed by atoms with Gasteiger partial charge in [-0.25, -0.2) is 4.39 Å². The van der Waals surface area contributed by atoms with Gasteiger partial charge in [0.25, 0.3) is 5.69 Å². The maximum absolute atomic E-state index is 13.8. The summed E-state index contributed by atoms with van der Waals surface area (Å²) < 4.78 is 13.8. The van der Waals surface area contributed by atoms with Gasteiger partial charge in [0.2, 0.25) is 0 Å². The summed E-state index contributed by atoms with van der Waals surface area (Å²) in [7, 11) is 0. The zero-order valence-electron chi connectivity index (χ0n) is 10.1. The number of nitro groups is 1. The molecule has 100 valence electrons. The molecule has 19 heavy (non-hydrogen) atoms. The van der Waals surface area contributed by atoms with Crippen LogP contribution in [0.25, 0.3) is 10.6 Å². The molecule has 0 atom stereocenters. The zero-order chi connectivity index (χ0) is 13.8. The van der Waals surface area contributed by atoms with Crippen LogP contribution >= 0.6 is 11.3 Å². The van der Waals surface area contributed by atoms with E-state index in [0.29, 0.717) is 11.6 Å². The van der Waals surface area contributed by atoms with Gasteiger partial charge in [-0.15, -0.1) is 10.2 Å². The van der Waals surface area contributed by atoms with E-state index in [-0.39, 0.29) is 11.3 Å². The van der Waals surface area contributed by atoms with Crippen LogP contribution in [0.3, 0.4) is 0 Å². The number of nitro benzene ring substituents is 1. The molecule has 6 nitrogen and oxygen atoms in total. The molecule has 0 saturated carbocycles. The van der Waals surface area contributed by atoms with E-state index in [1.165, 1.54) is 23.5 Å². The number of nitrogens with zero attached hydrogens (tertiary/aromatic N) is 3. The fourth-order valence-corrected chi connectivity index (χ4v) is 2.29. The molecular weight excluding hydrogens is 271 g/mol. The Balaban J connectivity index is 2.26. The number of hydrogen-bond acceptors (Lipinski definition) is 6. The number of hydrogen-bond donors (Lipinski definition) is 1. The zero-order valence-corrected chi connectivity index (χ0v) is 10.9. The van der Waals surface area contributed by atoms with Gasteiger partial charge in [0.15, 0.2) is 5.01 Å². The molecule has 0 radical (unpaired) electrons. The predicted molar refractivity (Wildman–Crippen MR) is 69.3 cm³/mol. The van der Waals surface area contributed by atoms with Gasteiger partial charge in [0.1, 0.15) is 10.8 Å². The summed E-state index contributed by atoms with van der Waals surface area (Å²) in [6, 6.07) is 3.50. The Bertz CT molecular complexity index is 602. The minimum absolute atomic E-state index is 0.228. The summed E-state index contributed by atoms with van der Waals surface area (Å²) in [6.45, 7) is 3.35. The van der Waals surface area contributed by atoms with Crippen molar-refractivity contribution in [3.8, 4) is 10.6 Å². The standard InChI is InChI=1S/C11H11FN4O2S/c1-2-13-6-10-14-15-11(19-10)8-4-3-7(16(17)18)5-9(8)12/h3-5,13H,2,6H2,1H3. The summed E-state index contributed by atoms with van der Waals surface area (Å²) >= 11 is 1.26. The first-order valence-electron chi connectivity index (χ1n) is 5.59. The average molecular weight is 282 g/mol. The predicted octanol–water partition coefficient (Wildman–Crippen LogP) is 2.36. The monoisotopic (exact) mass is 282 g/mol. The molecule has 8 heteroatoms. The Hall–Kier alpha value is -1.93. The number of halogens is 1. The van der Waals surface area contributed by atoms with E-state index in [2.05, 4.69) is 15.5 Å². The van der Waals surface area contributed by atoms with Gasteiger partial charge in [-0.05, 0) is 12.6 Å². The van der Waals surface area contributed by atoms with Crippen molar-refractivity contribution in [2.24, 2.45) is 0 Å². The van der Waals surface area contributed by atoms with Crippen LogP contribution in [-0.4, -0.2) is 21.7 Å². The first-order valence-corrected chi connectivity index (χ1v) is 6.41. The van der Waals surface area contributed by atoms with Gasteiger partial charge < -0.3 is 5.32 Å². The van der Waals surface area contributed by atoms with E-state index in [1.54, 1.807) is 0 Å². The lowest BCUT2D eigenvalue weighted by molar-refractivity contribution is -0.385. The average Bonchev–Trinajstić information content (AvgIpc) is 2.84. The van der Waals surface area contributed by atoms with E-state index in [0.717, 1.165) is 17.6 Å². The minimum Gasteiger partial charge on any atom is -0.311 e. The Morgan fingerprint density at radius 3 is 2.89 bits per heavy atom. The smallest absolute Gasteiger partial charge is 0.272 e. The Labute approximate surface area is 112 Å². The molecule has 1 heterocycles. The van der Waals surface area contributed by atoms with Crippen molar-refractivity contribution >= 4 is 17.0 Å². The second-order valence-corrected chi connectivity index (χ2v) is 4.76. The lowest BCUT2D eigenvalue weighted by Gasteiger charge is -1.98. The Morgan fingerprint density at radius 1 is 1.47 bits per heavy atom. The van der Waals surface area contributed by atoms with Gasteiger partial charge in [-0.3, -0.25) is 10.1 Å². The second kappa shape index (κ2) is 5.81. The molecule has 0 spiro atoms. The van der Waals surface area contributed by atoms with Crippen LogP contribution in [0.2, 0.25) is 0 Å². The fourth-order valence-electron chi connectivity index (χ4n) is 1.46. The van der Waals surface area contributed by atoms with Crippen LogP contribution in [0.15, 0.2) is 18.2 Å². The molecule has 0 amide bonds. The van der Waals surface area contributed by atoms with Crippen molar-refractivity contribution in [2.45, 2.75) is 13.5 Å². The van der Waals surface area contributed by atoms with Crippen LogP contribution < -0.4 is 5.32 Å². The molecule has 0 aliphatic carbocycles. The maximum Gasteiger partial charge on any atom is 0.272 e. The van der Waals surface area contributed by atoms with Crippen molar-refractivity contribution < 1.29 is 9.31 Å². The van der Waals surface area contributed by atoms with E-state index in [4.69, 9.17) is 0 Å². The number of rotatable bonds is 5. The maximum atomic E-state index is 13.8. The third-order valence-electron chi connectivity index (χ3n) is 2.39. The van der Waals surface area contributed by atoms with Crippen molar-refractivity contribution in [2.75, 3.05) is 6.54 Å². The van der Waals surface area contributed by atoms with Crippen LogP contribution in [0, 0.1) is 15.9 Å². The third kappa shape index (κ3) is 3.09. The van der Waals surface area contributed by atoms with E-state index >= 15 is 0 Å². The van der Waals surface area contributed by atoms with Crippen LogP contribution in [-0.2, 0) is 6.54 Å². The van der Waals surface area contributed by atoms with E-state index < -0.39 is 10.7 Å². The largest absolute Gasteiger partial charge is 0.311 e. The topological polar surface area (TPSA) is 81.0 Å². The first kappa shape index (κ1) is 13.5. The summed E-state index contributed by atoms with van der Waals surface area (Å²) in [5.41, 5.74) is -0.0514. The summed E-state index contributed by atoms with van der Waals surface area (Å²) in [5.74, 6) is -0.666. The van der Waals surface area contributed by atoms with E-state index in [1.807, 2.05) is 6.92 Å². The number of aromatic nitrogens is 2. The van der Waals surface area contributed by atoms with E-state index in [9.17, 15) is 14.5 Å². The van der Waals surface area contributed by atoms with Gasteiger partial charge in [0, 0.05) is 18.2 Å². The summed E-state index contributed by atoms with van der Waals surface area (Å²) in [5, 5.41) is 22.6. The molecule has 0 aliphatic rings. The van der Waals surface area contributed by atoms with Crippen LogP contribution in [0.5, 0.6) is 0 Å². The van der Waals surface area contributed by atoms with Crippen LogP contribution in [0.1, 0.15) is 11.9 Å². The minimum atomic E-state index is -0.666. The summed E-state index contributed by atoms with van der Waals surface area (Å²) in [4.78, 5) is 9.89. The lowest BCUT2D eigenvalue weighted by atomic mass is 10.2. The van der Waals surface area contributed by atoms with Crippen molar-refractivity contribution in [3.05, 3.63) is 39.1 Å². The molecule has 0 aliphatic heterocycles. The Morgan fingerprint density at radius 2 is 2.26 bits per heavy atom. The number of benzene rings is 1. The molecule has 0 saturated heterocycles. The molecule has 2 rings (SSSR count). The fraction of sp³-hybridized carbons (Fsp3) is 0.273. The van der Waals surface area contributed by atoms with Gasteiger partial charge in [-0.1, -0.05) is 18.3 Å². The number of non-ortho nitro benzene ring substituents is 1. The molecule has 1 aromatic heterocycles. The van der Waals surface area contributed by atoms with Crippen LogP contribution in [0.4, 0.5) is 10.1 Å². The quantitative estimate of drug-likeness (QED) is 0.672. The summed E-state index contributed by atoms with van der Waals surface area (Å²) in [6.07, 6.45) is 0. The first-order chi connectivity index (χ1) is 9.11. The SMILES string of the molecule is CCNCc1nnc(-c2ccc([N+](=O)[O-])cc2F)s1. The highest BCUT2D eigenvalue weighted by atomic mass is 32.1. The van der Waals surface area contributed by atoms with Gasteiger partial charge in [0.05, 0.1) is 11.0 Å². The highest BCUT2D eigenvalue weighted by Crippen LogP contribution is 2.28. The van der Waals surface area contributed by atoms with Gasteiger partial charge in [-0.2, -0.15) is 0 Å². The number of nitrogens with one attached hydrogen (secondary N) is 1. The van der Waals surface area contributed by atoms with Gasteiger partial charge >= 0.3 is 0 Å². The molecule has 1 N–H and O–H groups in total.